The van der Waals surface area contributed by atoms with Crippen molar-refractivity contribution < 1.29 is 19.1 Å². The number of benzene rings is 1. The molecule has 0 saturated carbocycles. The van der Waals surface area contributed by atoms with Gasteiger partial charge in [0.25, 0.3) is 0 Å². The Kier molecular flexibility index (Phi) is 8.97. The van der Waals surface area contributed by atoms with E-state index in [-0.39, 0.29) is 11.9 Å². The maximum atomic E-state index is 11.9. The highest BCUT2D eigenvalue weighted by atomic mass is 79.9. The minimum absolute atomic E-state index is 0.0626. The first-order valence-electron chi connectivity index (χ1n) is 8.59. The first kappa shape index (κ1) is 21.5. The highest BCUT2D eigenvalue weighted by Gasteiger charge is 2.18. The number of nitrogens with one attached hydrogen (secondary N) is 1. The Balaban J connectivity index is 2.54. The summed E-state index contributed by atoms with van der Waals surface area (Å²) >= 11 is 3.42. The SMILES string of the molecule is CCOC(=O)CC(CCCNC(=O)OC(C)(C)C)c1ccc(Br)cc1. The molecule has 0 aliphatic rings. The summed E-state index contributed by atoms with van der Waals surface area (Å²) in [7, 11) is 0. The lowest BCUT2D eigenvalue weighted by Gasteiger charge is -2.20. The van der Waals surface area contributed by atoms with Crippen molar-refractivity contribution in [3.8, 4) is 0 Å². The summed E-state index contributed by atoms with van der Waals surface area (Å²) < 4.78 is 11.3. The van der Waals surface area contributed by atoms with Crippen molar-refractivity contribution in [3.05, 3.63) is 34.3 Å². The van der Waals surface area contributed by atoms with Crippen LogP contribution in [0.1, 0.15) is 58.4 Å². The molecule has 1 amide bonds. The average molecular weight is 414 g/mol. The van der Waals surface area contributed by atoms with Crippen LogP contribution < -0.4 is 5.32 Å². The van der Waals surface area contributed by atoms with E-state index in [9.17, 15) is 9.59 Å². The monoisotopic (exact) mass is 413 g/mol. The number of halogens is 1. The van der Waals surface area contributed by atoms with E-state index in [0.29, 0.717) is 19.6 Å². The molecule has 0 bridgehead atoms. The molecule has 1 aromatic carbocycles. The Morgan fingerprint density at radius 3 is 2.40 bits per heavy atom. The predicted molar refractivity (Wildman–Crippen MR) is 102 cm³/mol. The lowest BCUT2D eigenvalue weighted by Crippen LogP contribution is -2.33. The van der Waals surface area contributed by atoms with Gasteiger partial charge in [-0.1, -0.05) is 28.1 Å². The highest BCUT2D eigenvalue weighted by molar-refractivity contribution is 9.10. The fourth-order valence-corrected chi connectivity index (χ4v) is 2.66. The Morgan fingerprint density at radius 2 is 1.84 bits per heavy atom. The van der Waals surface area contributed by atoms with Gasteiger partial charge in [-0.05, 0) is 64.2 Å². The normalized spacial score (nSPS) is 12.4. The molecule has 0 fully saturated rings. The number of ether oxygens (including phenoxy) is 2. The number of esters is 1. The first-order chi connectivity index (χ1) is 11.7. The molecule has 25 heavy (non-hydrogen) atoms. The molecule has 0 aliphatic heterocycles. The van der Waals surface area contributed by atoms with Gasteiger partial charge in [0.1, 0.15) is 5.60 Å². The minimum Gasteiger partial charge on any atom is -0.466 e. The van der Waals surface area contributed by atoms with E-state index in [2.05, 4.69) is 21.2 Å². The fraction of sp³-hybridized carbons (Fsp3) is 0.579. The van der Waals surface area contributed by atoms with Crippen molar-refractivity contribution in [2.24, 2.45) is 0 Å². The Bertz CT molecular complexity index is 552. The molecular weight excluding hydrogens is 386 g/mol. The molecular formula is C19H28BrNO4. The zero-order valence-corrected chi connectivity index (χ0v) is 17.0. The second kappa shape index (κ2) is 10.4. The smallest absolute Gasteiger partial charge is 0.407 e. The number of hydrogen-bond donors (Lipinski definition) is 1. The molecule has 6 heteroatoms. The van der Waals surface area contributed by atoms with Crippen molar-refractivity contribution >= 4 is 28.0 Å². The number of hydrogen-bond acceptors (Lipinski definition) is 4. The van der Waals surface area contributed by atoms with Crippen molar-refractivity contribution in [3.63, 3.8) is 0 Å². The van der Waals surface area contributed by atoms with Gasteiger partial charge in [0, 0.05) is 11.0 Å². The molecule has 5 nitrogen and oxygen atoms in total. The van der Waals surface area contributed by atoms with Crippen LogP contribution in [0.2, 0.25) is 0 Å². The number of amides is 1. The summed E-state index contributed by atoms with van der Waals surface area (Å²) in [5.74, 6) is -0.136. The molecule has 1 atom stereocenters. The van der Waals surface area contributed by atoms with Crippen LogP contribution in [-0.2, 0) is 14.3 Å². The molecule has 0 spiro atoms. The van der Waals surface area contributed by atoms with Gasteiger partial charge < -0.3 is 14.8 Å². The summed E-state index contributed by atoms with van der Waals surface area (Å²) in [6, 6.07) is 7.95. The maximum Gasteiger partial charge on any atom is 0.407 e. The maximum absolute atomic E-state index is 11.9. The van der Waals surface area contributed by atoms with Crippen LogP contribution in [0, 0.1) is 0 Å². The second-order valence-electron chi connectivity index (χ2n) is 6.83. The van der Waals surface area contributed by atoms with Gasteiger partial charge in [-0.2, -0.15) is 0 Å². The standard InChI is InChI=1S/C19H28BrNO4/c1-5-24-17(22)13-15(14-8-10-16(20)11-9-14)7-6-12-21-18(23)25-19(2,3)4/h8-11,15H,5-7,12-13H2,1-4H3,(H,21,23). The molecule has 1 rings (SSSR count). The van der Waals surface area contributed by atoms with Crippen LogP contribution in [0.15, 0.2) is 28.7 Å². The summed E-state index contributed by atoms with van der Waals surface area (Å²) in [5, 5.41) is 2.75. The van der Waals surface area contributed by atoms with Crippen LogP contribution >= 0.6 is 15.9 Å². The van der Waals surface area contributed by atoms with E-state index in [1.165, 1.54) is 0 Å². The molecule has 0 aliphatic carbocycles. The lowest BCUT2D eigenvalue weighted by molar-refractivity contribution is -0.143. The van der Waals surface area contributed by atoms with Gasteiger partial charge in [-0.15, -0.1) is 0 Å². The van der Waals surface area contributed by atoms with Gasteiger partial charge in [0.05, 0.1) is 13.0 Å². The van der Waals surface area contributed by atoms with Gasteiger partial charge in [0.15, 0.2) is 0 Å². The van der Waals surface area contributed by atoms with E-state index < -0.39 is 11.7 Å². The fourth-order valence-electron chi connectivity index (χ4n) is 2.40. The van der Waals surface area contributed by atoms with E-state index in [0.717, 1.165) is 22.9 Å². The molecule has 140 valence electrons. The van der Waals surface area contributed by atoms with Gasteiger partial charge in [0.2, 0.25) is 0 Å². The highest BCUT2D eigenvalue weighted by Crippen LogP contribution is 2.26. The molecule has 1 N–H and O–H groups in total. The largest absolute Gasteiger partial charge is 0.466 e. The van der Waals surface area contributed by atoms with E-state index in [4.69, 9.17) is 9.47 Å². The quantitative estimate of drug-likeness (QED) is 0.491. The zero-order valence-electron chi connectivity index (χ0n) is 15.4. The van der Waals surface area contributed by atoms with E-state index in [1.807, 2.05) is 45.0 Å². The van der Waals surface area contributed by atoms with Crippen molar-refractivity contribution in [1.29, 1.82) is 0 Å². The van der Waals surface area contributed by atoms with Crippen LogP contribution in [0.3, 0.4) is 0 Å². The van der Waals surface area contributed by atoms with Crippen LogP contribution in [0.4, 0.5) is 4.79 Å². The predicted octanol–water partition coefficient (Wildman–Crippen LogP) is 4.79. The summed E-state index contributed by atoms with van der Waals surface area (Å²) in [5.41, 5.74) is 0.585. The minimum atomic E-state index is -0.506. The molecule has 0 radical (unpaired) electrons. The molecule has 1 aromatic rings. The summed E-state index contributed by atoms with van der Waals surface area (Å²) in [6.07, 6.45) is 1.44. The Labute approximate surface area is 158 Å². The molecule has 0 heterocycles. The number of carbonyl (C=O) groups excluding carboxylic acids is 2. The van der Waals surface area contributed by atoms with Gasteiger partial charge in [-0.25, -0.2) is 4.79 Å². The average Bonchev–Trinajstić information content (AvgIpc) is 2.49. The summed E-state index contributed by atoms with van der Waals surface area (Å²) in [4.78, 5) is 23.5. The Morgan fingerprint density at radius 1 is 1.20 bits per heavy atom. The lowest BCUT2D eigenvalue weighted by atomic mass is 9.91. The van der Waals surface area contributed by atoms with Crippen molar-refractivity contribution in [2.75, 3.05) is 13.2 Å². The zero-order chi connectivity index (χ0) is 18.9. The first-order valence-corrected chi connectivity index (χ1v) is 9.38. The van der Waals surface area contributed by atoms with E-state index in [1.54, 1.807) is 6.92 Å². The summed E-state index contributed by atoms with van der Waals surface area (Å²) in [6.45, 7) is 8.18. The third-order valence-corrected chi connectivity index (χ3v) is 3.99. The van der Waals surface area contributed by atoms with E-state index >= 15 is 0 Å². The molecule has 0 saturated heterocycles. The van der Waals surface area contributed by atoms with Crippen LogP contribution in [0.5, 0.6) is 0 Å². The molecule has 0 aromatic heterocycles. The van der Waals surface area contributed by atoms with Crippen LogP contribution in [0.25, 0.3) is 0 Å². The second-order valence-corrected chi connectivity index (χ2v) is 7.74. The van der Waals surface area contributed by atoms with Crippen molar-refractivity contribution in [2.45, 2.75) is 58.5 Å². The van der Waals surface area contributed by atoms with Crippen LogP contribution in [-0.4, -0.2) is 30.8 Å². The third-order valence-electron chi connectivity index (χ3n) is 3.46. The number of rotatable bonds is 8. The third kappa shape index (κ3) is 9.48. The Hall–Kier alpha value is -1.56. The number of alkyl carbamates (subject to hydrolysis) is 1. The topological polar surface area (TPSA) is 64.6 Å². The van der Waals surface area contributed by atoms with Gasteiger partial charge >= 0.3 is 12.1 Å². The van der Waals surface area contributed by atoms with Gasteiger partial charge in [-0.3, -0.25) is 4.79 Å². The number of carbonyl (C=O) groups is 2. The van der Waals surface area contributed by atoms with Crippen molar-refractivity contribution in [1.82, 2.24) is 5.32 Å². The molecule has 1 unspecified atom stereocenters.